The first kappa shape index (κ1) is 16.0. The molecule has 1 saturated heterocycles. The number of anilines is 1. The first-order valence-corrected chi connectivity index (χ1v) is 7.70. The van der Waals surface area contributed by atoms with Crippen molar-refractivity contribution in [3.05, 3.63) is 36.5 Å². The van der Waals surface area contributed by atoms with E-state index in [1.165, 1.54) is 4.90 Å². The van der Waals surface area contributed by atoms with Gasteiger partial charge in [-0.1, -0.05) is 18.2 Å². The zero-order valence-electron chi connectivity index (χ0n) is 13.8. The van der Waals surface area contributed by atoms with Gasteiger partial charge < -0.3 is 9.31 Å². The quantitative estimate of drug-likeness (QED) is 0.617. The number of hydrogen-bond acceptors (Lipinski definition) is 4. The Morgan fingerprint density at radius 2 is 1.74 bits per heavy atom. The molecule has 5 nitrogen and oxygen atoms in total. The van der Waals surface area contributed by atoms with Gasteiger partial charge in [-0.15, -0.1) is 0 Å². The molecule has 0 atom stereocenters. The summed E-state index contributed by atoms with van der Waals surface area (Å²) in [6.45, 7) is 7.97. The summed E-state index contributed by atoms with van der Waals surface area (Å²) in [5.41, 5.74) is 0.599. The Bertz CT molecular complexity index is 680. The fourth-order valence-electron chi connectivity index (χ4n) is 2.56. The number of ketones is 1. The molecule has 1 aromatic rings. The van der Waals surface area contributed by atoms with Crippen LogP contribution in [0, 0.1) is 0 Å². The number of carbonyl (C=O) groups is 2. The molecule has 1 amide bonds. The summed E-state index contributed by atoms with van der Waals surface area (Å²) in [5.74, 6) is -0.924. The van der Waals surface area contributed by atoms with Gasteiger partial charge in [0.05, 0.1) is 11.2 Å². The highest BCUT2D eigenvalue weighted by Gasteiger charge is 2.51. The molecule has 0 bridgehead atoms. The van der Waals surface area contributed by atoms with Crippen LogP contribution in [-0.4, -0.2) is 30.0 Å². The van der Waals surface area contributed by atoms with Gasteiger partial charge in [-0.2, -0.15) is 0 Å². The monoisotopic (exact) mass is 313 g/mol. The van der Waals surface area contributed by atoms with Gasteiger partial charge >= 0.3 is 7.12 Å². The second kappa shape index (κ2) is 5.32. The summed E-state index contributed by atoms with van der Waals surface area (Å²) in [7, 11) is -0.500. The molecule has 23 heavy (non-hydrogen) atoms. The Morgan fingerprint density at radius 1 is 1.09 bits per heavy atom. The van der Waals surface area contributed by atoms with Crippen LogP contribution in [0.4, 0.5) is 5.69 Å². The highest BCUT2D eigenvalue weighted by atomic mass is 16.7. The molecule has 0 saturated carbocycles. The molecule has 6 heteroatoms. The number of amides is 1. The van der Waals surface area contributed by atoms with Gasteiger partial charge in [0.2, 0.25) is 5.78 Å². The van der Waals surface area contributed by atoms with Crippen molar-refractivity contribution in [2.75, 3.05) is 4.90 Å². The Balaban J connectivity index is 1.90. The molecule has 1 fully saturated rings. The van der Waals surface area contributed by atoms with Crippen LogP contribution < -0.4 is 10.4 Å². The third-order valence-corrected chi connectivity index (χ3v) is 4.69. The molecule has 0 spiro atoms. The SMILES string of the molecule is CC1(C)OB(c2cccc(N3C=CCC(=O)C3=O)c2)OC1(C)C. The van der Waals surface area contributed by atoms with E-state index in [1.54, 1.807) is 18.3 Å². The molecule has 3 rings (SSSR count). The topological polar surface area (TPSA) is 55.8 Å². The first-order valence-electron chi connectivity index (χ1n) is 7.70. The van der Waals surface area contributed by atoms with Crippen molar-refractivity contribution in [3.8, 4) is 0 Å². The maximum atomic E-state index is 12.0. The number of benzene rings is 1. The number of Topliss-reactive ketones (excluding diaryl/α,β-unsaturated/α-hetero) is 1. The minimum absolute atomic E-state index is 0.159. The number of rotatable bonds is 2. The summed E-state index contributed by atoms with van der Waals surface area (Å²) in [6, 6.07) is 7.33. The van der Waals surface area contributed by atoms with Crippen molar-refractivity contribution >= 4 is 30.0 Å². The van der Waals surface area contributed by atoms with Gasteiger partial charge in [-0.25, -0.2) is 0 Å². The lowest BCUT2D eigenvalue weighted by Gasteiger charge is -2.32. The molecular formula is C17H20BNO4. The van der Waals surface area contributed by atoms with Gasteiger partial charge in [0, 0.05) is 18.3 Å². The molecule has 0 aromatic heterocycles. The lowest BCUT2D eigenvalue weighted by molar-refractivity contribution is -0.135. The molecule has 2 aliphatic rings. The zero-order valence-corrected chi connectivity index (χ0v) is 13.8. The van der Waals surface area contributed by atoms with E-state index in [-0.39, 0.29) is 6.42 Å². The molecule has 0 N–H and O–H groups in total. The third-order valence-electron chi connectivity index (χ3n) is 4.69. The summed E-state index contributed by atoms with van der Waals surface area (Å²) in [5, 5.41) is 0. The largest absolute Gasteiger partial charge is 0.494 e. The molecule has 120 valence electrons. The van der Waals surface area contributed by atoms with Crippen LogP contribution in [0.5, 0.6) is 0 Å². The van der Waals surface area contributed by atoms with Crippen LogP contribution in [0.1, 0.15) is 34.1 Å². The Hall–Kier alpha value is -1.92. The van der Waals surface area contributed by atoms with Crippen molar-refractivity contribution in [1.29, 1.82) is 0 Å². The number of hydrogen-bond donors (Lipinski definition) is 0. The van der Waals surface area contributed by atoms with Crippen LogP contribution in [0.2, 0.25) is 0 Å². The van der Waals surface area contributed by atoms with Crippen molar-refractivity contribution in [2.24, 2.45) is 0 Å². The van der Waals surface area contributed by atoms with E-state index in [9.17, 15) is 9.59 Å². The van der Waals surface area contributed by atoms with E-state index in [2.05, 4.69) is 0 Å². The Morgan fingerprint density at radius 3 is 2.39 bits per heavy atom. The lowest BCUT2D eigenvalue weighted by atomic mass is 9.79. The van der Waals surface area contributed by atoms with Crippen molar-refractivity contribution in [2.45, 2.75) is 45.3 Å². The second-order valence-corrected chi connectivity index (χ2v) is 6.87. The van der Waals surface area contributed by atoms with Crippen molar-refractivity contribution in [3.63, 3.8) is 0 Å². The van der Waals surface area contributed by atoms with Crippen molar-refractivity contribution < 1.29 is 18.9 Å². The van der Waals surface area contributed by atoms with Crippen LogP contribution >= 0.6 is 0 Å². The fraction of sp³-hybridized carbons (Fsp3) is 0.412. The molecule has 0 aliphatic carbocycles. The summed E-state index contributed by atoms with van der Waals surface area (Å²) < 4.78 is 12.1. The van der Waals surface area contributed by atoms with Gasteiger partial charge in [0.15, 0.2) is 0 Å². The third kappa shape index (κ3) is 2.73. The summed E-state index contributed by atoms with van der Waals surface area (Å²) in [4.78, 5) is 25.0. The van der Waals surface area contributed by atoms with Gasteiger partial charge in [0.1, 0.15) is 0 Å². The smallest absolute Gasteiger partial charge is 0.399 e. The Kier molecular flexibility index (Phi) is 3.69. The standard InChI is InChI=1S/C17H20BNO4/c1-16(2)17(3,4)23-18(22-16)12-7-5-8-13(11-12)19-10-6-9-14(20)15(19)21/h5-8,10-11H,9H2,1-4H3. The minimum Gasteiger partial charge on any atom is -0.399 e. The predicted octanol–water partition coefficient (Wildman–Crippen LogP) is 1.81. The van der Waals surface area contributed by atoms with Gasteiger partial charge in [-0.3, -0.25) is 14.5 Å². The number of allylic oxidation sites excluding steroid dienone is 1. The maximum Gasteiger partial charge on any atom is 0.494 e. The fourth-order valence-corrected chi connectivity index (χ4v) is 2.56. The second-order valence-electron chi connectivity index (χ2n) is 6.87. The number of carbonyl (C=O) groups excluding carboxylic acids is 2. The minimum atomic E-state index is -0.515. The number of nitrogens with zero attached hydrogens (tertiary/aromatic N) is 1. The maximum absolute atomic E-state index is 12.0. The summed E-state index contributed by atoms with van der Waals surface area (Å²) >= 11 is 0. The van der Waals surface area contributed by atoms with E-state index in [1.807, 2.05) is 45.9 Å². The highest BCUT2D eigenvalue weighted by molar-refractivity contribution is 6.62. The summed E-state index contributed by atoms with van der Waals surface area (Å²) in [6.07, 6.45) is 3.48. The van der Waals surface area contributed by atoms with E-state index in [0.717, 1.165) is 5.46 Å². The average molecular weight is 313 g/mol. The van der Waals surface area contributed by atoms with Crippen LogP contribution in [0.3, 0.4) is 0 Å². The lowest BCUT2D eigenvalue weighted by Crippen LogP contribution is -2.41. The molecule has 1 aromatic carbocycles. The highest BCUT2D eigenvalue weighted by Crippen LogP contribution is 2.36. The van der Waals surface area contributed by atoms with Gasteiger partial charge in [0.25, 0.3) is 5.91 Å². The van der Waals surface area contributed by atoms with Crippen LogP contribution in [0.25, 0.3) is 0 Å². The molecule has 0 unspecified atom stereocenters. The van der Waals surface area contributed by atoms with E-state index >= 15 is 0 Å². The van der Waals surface area contributed by atoms with Crippen LogP contribution in [-0.2, 0) is 18.9 Å². The predicted molar refractivity (Wildman–Crippen MR) is 88.4 cm³/mol. The molecular weight excluding hydrogens is 293 g/mol. The average Bonchev–Trinajstić information content (AvgIpc) is 2.71. The van der Waals surface area contributed by atoms with E-state index < -0.39 is 30.0 Å². The van der Waals surface area contributed by atoms with Gasteiger partial charge in [-0.05, 0) is 45.3 Å². The van der Waals surface area contributed by atoms with Crippen molar-refractivity contribution in [1.82, 2.24) is 0 Å². The first-order chi connectivity index (χ1) is 10.7. The normalized spacial score (nSPS) is 22.8. The Labute approximate surface area is 136 Å². The van der Waals surface area contributed by atoms with E-state index in [0.29, 0.717) is 5.69 Å². The molecule has 0 radical (unpaired) electrons. The van der Waals surface area contributed by atoms with E-state index in [4.69, 9.17) is 9.31 Å². The molecule has 2 heterocycles. The van der Waals surface area contributed by atoms with Crippen LogP contribution in [0.15, 0.2) is 36.5 Å². The zero-order chi connectivity index (χ0) is 16.8. The molecule has 2 aliphatic heterocycles.